The number of carboxylic acids is 1. The largest absolute Gasteiger partial charge is 0.480 e. The molecule has 1 heterocycles. The third-order valence-corrected chi connectivity index (χ3v) is 4.72. The number of nitrogens with one attached hydrogen (secondary N) is 1. The van der Waals surface area contributed by atoms with E-state index in [-0.39, 0.29) is 17.9 Å². The summed E-state index contributed by atoms with van der Waals surface area (Å²) in [6.45, 7) is 4.71. The van der Waals surface area contributed by atoms with Crippen LogP contribution in [0.5, 0.6) is 0 Å². The van der Waals surface area contributed by atoms with Crippen molar-refractivity contribution >= 4 is 11.9 Å². The van der Waals surface area contributed by atoms with Crippen molar-refractivity contribution in [3.8, 4) is 0 Å². The Morgan fingerprint density at radius 2 is 1.90 bits per heavy atom. The molecule has 1 amide bonds. The number of carboxylic acid groups (broad SMARTS) is 1. The second-order valence-electron chi connectivity index (χ2n) is 6.78. The summed E-state index contributed by atoms with van der Waals surface area (Å²) >= 11 is 0. The minimum absolute atomic E-state index is 0.0722. The Morgan fingerprint density at radius 3 is 2.50 bits per heavy atom. The van der Waals surface area contributed by atoms with Crippen LogP contribution in [-0.4, -0.2) is 47.1 Å². The molecule has 1 atom stereocenters. The number of piperidine rings is 1. The summed E-state index contributed by atoms with van der Waals surface area (Å²) < 4.78 is 0. The van der Waals surface area contributed by atoms with Crippen molar-refractivity contribution in [1.29, 1.82) is 0 Å². The van der Waals surface area contributed by atoms with Crippen LogP contribution in [0, 0.1) is 5.41 Å². The maximum absolute atomic E-state index is 12.4. The molecule has 5 nitrogen and oxygen atoms in total. The predicted octanol–water partition coefficient (Wildman–Crippen LogP) is 1.62. The first-order valence-electron chi connectivity index (χ1n) is 7.67. The Bertz CT molecular complexity index is 375. The number of carbonyl (C=O) groups is 2. The van der Waals surface area contributed by atoms with Gasteiger partial charge in [0.15, 0.2) is 0 Å². The zero-order chi connectivity index (χ0) is 14.8. The highest BCUT2D eigenvalue weighted by molar-refractivity contribution is 5.85. The van der Waals surface area contributed by atoms with Gasteiger partial charge in [-0.05, 0) is 31.1 Å². The van der Waals surface area contributed by atoms with Gasteiger partial charge in [-0.3, -0.25) is 4.79 Å². The third-order valence-electron chi connectivity index (χ3n) is 4.72. The highest BCUT2D eigenvalue weighted by atomic mass is 16.4. The second-order valence-corrected chi connectivity index (χ2v) is 6.78. The molecule has 2 fully saturated rings. The molecule has 114 valence electrons. The van der Waals surface area contributed by atoms with Crippen LogP contribution in [0.1, 0.15) is 52.4 Å². The molecule has 0 aromatic rings. The van der Waals surface area contributed by atoms with Gasteiger partial charge >= 0.3 is 5.97 Å². The molecular formula is C15H26N2O3. The molecule has 1 saturated carbocycles. The van der Waals surface area contributed by atoms with E-state index in [9.17, 15) is 14.7 Å². The Morgan fingerprint density at radius 1 is 1.25 bits per heavy atom. The molecule has 1 aliphatic heterocycles. The summed E-state index contributed by atoms with van der Waals surface area (Å²) in [5.74, 6) is -0.957. The minimum Gasteiger partial charge on any atom is -0.480 e. The molecular weight excluding hydrogens is 256 g/mol. The number of nitrogens with zero attached hydrogens (tertiary/aromatic N) is 1. The van der Waals surface area contributed by atoms with Crippen LogP contribution in [0.25, 0.3) is 0 Å². The Hall–Kier alpha value is -1.10. The molecule has 5 heteroatoms. The topological polar surface area (TPSA) is 69.6 Å². The predicted molar refractivity (Wildman–Crippen MR) is 76.4 cm³/mol. The fraction of sp³-hybridized carbons (Fsp3) is 0.867. The fourth-order valence-corrected chi connectivity index (χ4v) is 3.59. The van der Waals surface area contributed by atoms with Crippen LogP contribution in [-0.2, 0) is 9.59 Å². The van der Waals surface area contributed by atoms with Crippen molar-refractivity contribution in [1.82, 2.24) is 10.2 Å². The van der Waals surface area contributed by atoms with Crippen LogP contribution < -0.4 is 5.32 Å². The van der Waals surface area contributed by atoms with E-state index in [1.54, 1.807) is 4.90 Å². The van der Waals surface area contributed by atoms with Crippen molar-refractivity contribution in [3.63, 3.8) is 0 Å². The monoisotopic (exact) mass is 282 g/mol. The quantitative estimate of drug-likeness (QED) is 0.822. The first kappa shape index (κ1) is 15.3. The first-order valence-corrected chi connectivity index (χ1v) is 7.67. The maximum Gasteiger partial charge on any atom is 0.326 e. The van der Waals surface area contributed by atoms with Crippen LogP contribution in [0.2, 0.25) is 0 Å². The Labute approximate surface area is 120 Å². The van der Waals surface area contributed by atoms with Gasteiger partial charge in [0.05, 0.1) is 6.54 Å². The normalized spacial score (nSPS) is 26.7. The van der Waals surface area contributed by atoms with E-state index in [0.29, 0.717) is 12.6 Å². The molecule has 2 N–H and O–H groups in total. The van der Waals surface area contributed by atoms with Crippen LogP contribution >= 0.6 is 0 Å². The van der Waals surface area contributed by atoms with Crippen molar-refractivity contribution < 1.29 is 14.7 Å². The van der Waals surface area contributed by atoms with E-state index in [1.165, 1.54) is 12.8 Å². The summed E-state index contributed by atoms with van der Waals surface area (Å²) in [6, 6.07) is -0.269. The van der Waals surface area contributed by atoms with Gasteiger partial charge in [0.25, 0.3) is 0 Å². The molecule has 0 radical (unpaired) electrons. The van der Waals surface area contributed by atoms with Gasteiger partial charge < -0.3 is 15.3 Å². The average Bonchev–Trinajstić information content (AvgIpc) is 2.86. The lowest BCUT2D eigenvalue weighted by molar-refractivity contribution is -0.158. The third kappa shape index (κ3) is 3.32. The van der Waals surface area contributed by atoms with Crippen LogP contribution in [0.3, 0.4) is 0 Å². The summed E-state index contributed by atoms with van der Waals surface area (Å²) in [6.07, 6.45) is 6.43. The number of hydrogen-bond acceptors (Lipinski definition) is 3. The standard InChI is InChI=1S/C15H26N2O3/c1-15(2)8-5-9-17(13(15)14(19)20)12(18)10-16-11-6-3-4-7-11/h11,13,16H,3-10H2,1-2H3,(H,19,20). The average molecular weight is 282 g/mol. The number of rotatable bonds is 4. The molecule has 20 heavy (non-hydrogen) atoms. The number of amides is 1. The molecule has 0 spiro atoms. The zero-order valence-electron chi connectivity index (χ0n) is 12.5. The smallest absolute Gasteiger partial charge is 0.326 e. The minimum atomic E-state index is -0.885. The second kappa shape index (κ2) is 6.12. The summed E-state index contributed by atoms with van der Waals surface area (Å²) in [5.41, 5.74) is -0.354. The lowest BCUT2D eigenvalue weighted by Crippen LogP contribution is -2.58. The van der Waals surface area contributed by atoms with Crippen molar-refractivity contribution in [2.24, 2.45) is 5.41 Å². The van der Waals surface area contributed by atoms with Crippen molar-refractivity contribution in [3.05, 3.63) is 0 Å². The van der Waals surface area contributed by atoms with E-state index in [4.69, 9.17) is 0 Å². The van der Waals surface area contributed by atoms with Gasteiger partial charge in [-0.15, -0.1) is 0 Å². The van der Waals surface area contributed by atoms with E-state index in [1.807, 2.05) is 13.8 Å². The van der Waals surface area contributed by atoms with Gasteiger partial charge in [-0.25, -0.2) is 4.79 Å². The molecule has 1 saturated heterocycles. The van der Waals surface area contributed by atoms with E-state index >= 15 is 0 Å². The van der Waals surface area contributed by atoms with Gasteiger partial charge in [0.2, 0.25) is 5.91 Å². The highest BCUT2D eigenvalue weighted by Crippen LogP contribution is 2.35. The van der Waals surface area contributed by atoms with Crippen LogP contribution in [0.4, 0.5) is 0 Å². The van der Waals surface area contributed by atoms with E-state index in [0.717, 1.165) is 25.7 Å². The van der Waals surface area contributed by atoms with E-state index < -0.39 is 12.0 Å². The Balaban J connectivity index is 1.97. The first-order chi connectivity index (χ1) is 9.42. The Kier molecular flexibility index (Phi) is 4.68. The van der Waals surface area contributed by atoms with Crippen molar-refractivity contribution in [2.45, 2.75) is 64.5 Å². The molecule has 2 aliphatic rings. The van der Waals surface area contributed by atoms with Crippen LogP contribution in [0.15, 0.2) is 0 Å². The fourth-order valence-electron chi connectivity index (χ4n) is 3.59. The lowest BCUT2D eigenvalue weighted by Gasteiger charge is -2.44. The van der Waals surface area contributed by atoms with E-state index in [2.05, 4.69) is 5.32 Å². The summed E-state index contributed by atoms with van der Waals surface area (Å²) in [7, 11) is 0. The molecule has 0 aromatic carbocycles. The molecule has 0 bridgehead atoms. The number of likely N-dealkylation sites (tertiary alicyclic amines) is 1. The number of aliphatic carboxylic acids is 1. The van der Waals surface area contributed by atoms with Crippen molar-refractivity contribution in [2.75, 3.05) is 13.1 Å². The summed E-state index contributed by atoms with van der Waals surface area (Å²) in [4.78, 5) is 25.5. The maximum atomic E-state index is 12.4. The number of carbonyl (C=O) groups excluding carboxylic acids is 1. The van der Waals surface area contributed by atoms with Gasteiger partial charge in [-0.1, -0.05) is 26.7 Å². The van der Waals surface area contributed by atoms with Gasteiger partial charge in [-0.2, -0.15) is 0 Å². The molecule has 1 aliphatic carbocycles. The zero-order valence-corrected chi connectivity index (χ0v) is 12.5. The molecule has 0 aromatic heterocycles. The van der Waals surface area contributed by atoms with Gasteiger partial charge in [0.1, 0.15) is 6.04 Å². The lowest BCUT2D eigenvalue weighted by atomic mass is 9.76. The molecule has 2 rings (SSSR count). The molecule has 1 unspecified atom stereocenters. The SMILES string of the molecule is CC1(C)CCCN(C(=O)CNC2CCCC2)C1C(=O)O. The highest BCUT2D eigenvalue weighted by Gasteiger charge is 2.44. The van der Waals surface area contributed by atoms with Gasteiger partial charge in [0, 0.05) is 12.6 Å². The number of hydrogen-bond donors (Lipinski definition) is 2. The summed E-state index contributed by atoms with van der Waals surface area (Å²) in [5, 5.41) is 12.7.